The second kappa shape index (κ2) is 5.61. The third kappa shape index (κ3) is 2.92. The Morgan fingerprint density at radius 3 is 2.76 bits per heavy atom. The van der Waals surface area contributed by atoms with E-state index in [-0.39, 0.29) is 5.56 Å². The van der Waals surface area contributed by atoms with Crippen LogP contribution in [-0.4, -0.2) is 9.38 Å². The highest BCUT2D eigenvalue weighted by molar-refractivity contribution is 7.98. The molecule has 5 heteroatoms. The fourth-order valence-electron chi connectivity index (χ4n) is 2.10. The molecule has 2 aromatic heterocycles. The van der Waals surface area contributed by atoms with E-state index in [4.69, 9.17) is 5.73 Å². The van der Waals surface area contributed by atoms with Crippen LogP contribution in [-0.2, 0) is 5.75 Å². The van der Waals surface area contributed by atoms with Crippen molar-refractivity contribution in [1.29, 1.82) is 0 Å². The number of nitrogens with two attached hydrogens (primary N) is 1. The highest BCUT2D eigenvalue weighted by Crippen LogP contribution is 2.22. The number of pyridine rings is 1. The fraction of sp³-hybridized carbons (Fsp3) is 0.125. The molecule has 0 bridgehead atoms. The van der Waals surface area contributed by atoms with E-state index < -0.39 is 0 Å². The number of rotatable bonds is 3. The van der Waals surface area contributed by atoms with Gasteiger partial charge in [0, 0.05) is 28.6 Å². The summed E-state index contributed by atoms with van der Waals surface area (Å²) < 4.78 is 1.58. The van der Waals surface area contributed by atoms with Crippen molar-refractivity contribution in [3.8, 4) is 0 Å². The van der Waals surface area contributed by atoms with Crippen molar-refractivity contribution < 1.29 is 0 Å². The fourth-order valence-corrected chi connectivity index (χ4v) is 2.90. The molecule has 0 saturated heterocycles. The standard InChI is InChI=1S/C16H15N3OS/c1-11-3-2-8-19-15(20)9-13(18-16(11)19)10-21-14-6-4-12(17)5-7-14/h2-9H,10,17H2,1H3. The van der Waals surface area contributed by atoms with Gasteiger partial charge in [-0.25, -0.2) is 4.98 Å². The molecule has 3 rings (SSSR count). The molecule has 0 aliphatic rings. The zero-order valence-electron chi connectivity index (χ0n) is 11.6. The largest absolute Gasteiger partial charge is 0.399 e. The average molecular weight is 297 g/mol. The Hall–Kier alpha value is -2.27. The van der Waals surface area contributed by atoms with Crippen molar-refractivity contribution in [1.82, 2.24) is 9.38 Å². The first-order valence-electron chi connectivity index (χ1n) is 6.60. The maximum atomic E-state index is 12.1. The van der Waals surface area contributed by atoms with E-state index in [0.29, 0.717) is 5.75 Å². The van der Waals surface area contributed by atoms with Gasteiger partial charge in [-0.3, -0.25) is 9.20 Å². The summed E-state index contributed by atoms with van der Waals surface area (Å²) in [6.45, 7) is 1.96. The predicted octanol–water partition coefficient (Wildman–Crippen LogP) is 2.88. The van der Waals surface area contributed by atoms with Gasteiger partial charge < -0.3 is 5.73 Å². The molecule has 4 nitrogen and oxygen atoms in total. The van der Waals surface area contributed by atoms with Crippen LogP contribution in [0.1, 0.15) is 11.3 Å². The molecular weight excluding hydrogens is 282 g/mol. The van der Waals surface area contributed by atoms with Crippen LogP contribution >= 0.6 is 11.8 Å². The lowest BCUT2D eigenvalue weighted by molar-refractivity contribution is 1.00. The van der Waals surface area contributed by atoms with Crippen molar-refractivity contribution in [2.45, 2.75) is 17.6 Å². The zero-order valence-corrected chi connectivity index (χ0v) is 12.4. The first-order valence-corrected chi connectivity index (χ1v) is 7.58. The van der Waals surface area contributed by atoms with Crippen LogP contribution in [0.25, 0.3) is 5.65 Å². The van der Waals surface area contributed by atoms with Crippen LogP contribution < -0.4 is 11.3 Å². The Morgan fingerprint density at radius 1 is 1.24 bits per heavy atom. The summed E-state index contributed by atoms with van der Waals surface area (Å²) in [6.07, 6.45) is 1.74. The van der Waals surface area contributed by atoms with Gasteiger partial charge in [0.05, 0.1) is 5.69 Å². The number of nitrogen functional groups attached to an aromatic ring is 1. The smallest absolute Gasteiger partial charge is 0.258 e. The Kier molecular flexibility index (Phi) is 3.66. The average Bonchev–Trinajstić information content (AvgIpc) is 2.48. The number of benzene rings is 1. The van der Waals surface area contributed by atoms with Crippen LogP contribution in [0.15, 0.2) is 58.4 Å². The molecule has 0 unspecified atom stereocenters. The Morgan fingerprint density at radius 2 is 2.00 bits per heavy atom. The number of thioether (sulfide) groups is 1. The first kappa shape index (κ1) is 13.7. The molecule has 3 aromatic rings. The summed E-state index contributed by atoms with van der Waals surface area (Å²) in [7, 11) is 0. The number of anilines is 1. The van der Waals surface area contributed by atoms with Gasteiger partial charge in [0.15, 0.2) is 0 Å². The van der Waals surface area contributed by atoms with Gasteiger partial charge in [0.25, 0.3) is 5.56 Å². The molecule has 106 valence electrons. The molecule has 0 aliphatic heterocycles. The molecule has 0 fully saturated rings. The molecule has 0 radical (unpaired) electrons. The lowest BCUT2D eigenvalue weighted by Gasteiger charge is -2.06. The van der Waals surface area contributed by atoms with Crippen LogP contribution in [0.5, 0.6) is 0 Å². The molecule has 0 aliphatic carbocycles. The second-order valence-corrected chi connectivity index (χ2v) is 5.88. The van der Waals surface area contributed by atoms with Gasteiger partial charge in [-0.1, -0.05) is 6.07 Å². The van der Waals surface area contributed by atoms with E-state index in [1.54, 1.807) is 28.4 Å². The molecule has 0 atom stereocenters. The zero-order chi connectivity index (χ0) is 14.8. The minimum Gasteiger partial charge on any atom is -0.399 e. The van der Waals surface area contributed by atoms with Crippen molar-refractivity contribution in [2.75, 3.05) is 5.73 Å². The number of nitrogens with zero attached hydrogens (tertiary/aromatic N) is 2. The summed E-state index contributed by atoms with van der Waals surface area (Å²) in [5, 5.41) is 0. The number of aromatic nitrogens is 2. The summed E-state index contributed by atoms with van der Waals surface area (Å²) in [5.74, 6) is 0.657. The van der Waals surface area contributed by atoms with Crippen LogP contribution in [0.2, 0.25) is 0 Å². The summed E-state index contributed by atoms with van der Waals surface area (Å²) in [6, 6.07) is 13.1. The molecule has 2 N–H and O–H groups in total. The van der Waals surface area contributed by atoms with Gasteiger partial charge in [-0.15, -0.1) is 11.8 Å². The van der Waals surface area contributed by atoms with E-state index >= 15 is 0 Å². The number of aryl methyl sites for hydroxylation is 1. The van der Waals surface area contributed by atoms with Crippen LogP contribution in [0, 0.1) is 6.92 Å². The second-order valence-electron chi connectivity index (χ2n) is 4.83. The van der Waals surface area contributed by atoms with Crippen molar-refractivity contribution >= 4 is 23.1 Å². The molecule has 0 spiro atoms. The van der Waals surface area contributed by atoms with E-state index in [9.17, 15) is 4.79 Å². The Bertz CT molecular complexity index is 840. The van der Waals surface area contributed by atoms with Crippen molar-refractivity contribution in [3.05, 3.63) is 70.3 Å². The monoisotopic (exact) mass is 297 g/mol. The summed E-state index contributed by atoms with van der Waals surface area (Å²) in [5.41, 5.74) is 8.87. The van der Waals surface area contributed by atoms with Crippen molar-refractivity contribution in [2.24, 2.45) is 0 Å². The van der Waals surface area contributed by atoms with Gasteiger partial charge in [-0.05, 0) is 42.8 Å². The predicted molar refractivity (Wildman–Crippen MR) is 86.6 cm³/mol. The lowest BCUT2D eigenvalue weighted by atomic mass is 10.3. The maximum Gasteiger partial charge on any atom is 0.258 e. The molecule has 0 amide bonds. The van der Waals surface area contributed by atoms with E-state index in [2.05, 4.69) is 4.98 Å². The van der Waals surface area contributed by atoms with Gasteiger partial charge >= 0.3 is 0 Å². The summed E-state index contributed by atoms with van der Waals surface area (Å²) in [4.78, 5) is 17.8. The van der Waals surface area contributed by atoms with Crippen LogP contribution in [0.4, 0.5) is 5.69 Å². The molecule has 21 heavy (non-hydrogen) atoms. The molecule has 1 aromatic carbocycles. The van der Waals surface area contributed by atoms with Crippen LogP contribution in [0.3, 0.4) is 0 Å². The number of fused-ring (bicyclic) bond motifs is 1. The lowest BCUT2D eigenvalue weighted by Crippen LogP contribution is -2.15. The molecule has 2 heterocycles. The normalized spacial score (nSPS) is 10.9. The van der Waals surface area contributed by atoms with E-state index in [0.717, 1.165) is 27.5 Å². The van der Waals surface area contributed by atoms with E-state index in [1.165, 1.54) is 0 Å². The maximum absolute atomic E-state index is 12.1. The van der Waals surface area contributed by atoms with Gasteiger partial charge in [-0.2, -0.15) is 0 Å². The van der Waals surface area contributed by atoms with E-state index in [1.807, 2.05) is 43.3 Å². The SMILES string of the molecule is Cc1cccn2c(=O)cc(CSc3ccc(N)cc3)nc12. The summed E-state index contributed by atoms with van der Waals surface area (Å²) >= 11 is 1.64. The highest BCUT2D eigenvalue weighted by Gasteiger charge is 2.05. The topological polar surface area (TPSA) is 60.4 Å². The Balaban J connectivity index is 1.89. The first-order chi connectivity index (χ1) is 10.1. The molecule has 0 saturated carbocycles. The van der Waals surface area contributed by atoms with Gasteiger partial charge in [0.1, 0.15) is 5.65 Å². The minimum absolute atomic E-state index is 0.0448. The third-order valence-corrected chi connectivity index (χ3v) is 4.25. The van der Waals surface area contributed by atoms with Gasteiger partial charge in [0.2, 0.25) is 0 Å². The van der Waals surface area contributed by atoms with Crippen molar-refractivity contribution in [3.63, 3.8) is 0 Å². The minimum atomic E-state index is -0.0448. The Labute approximate surface area is 126 Å². The number of hydrogen-bond donors (Lipinski definition) is 1. The molecular formula is C16H15N3OS. The third-order valence-electron chi connectivity index (χ3n) is 3.21. The highest BCUT2D eigenvalue weighted by atomic mass is 32.2. The quantitative estimate of drug-likeness (QED) is 0.596. The number of hydrogen-bond acceptors (Lipinski definition) is 4.